The molecule has 4 heteroatoms. The summed E-state index contributed by atoms with van der Waals surface area (Å²) in [6.07, 6.45) is 0. The zero-order valence-corrected chi connectivity index (χ0v) is 14.0. The second kappa shape index (κ2) is 7.55. The van der Waals surface area contributed by atoms with Crippen LogP contribution in [0.5, 0.6) is 5.75 Å². The van der Waals surface area contributed by atoms with Crippen molar-refractivity contribution in [1.82, 2.24) is 4.90 Å². The van der Waals surface area contributed by atoms with E-state index in [1.54, 1.807) is 11.8 Å². The Balaban J connectivity index is 1.61. The van der Waals surface area contributed by atoms with Crippen LogP contribution in [0.2, 0.25) is 0 Å². The number of rotatable bonds is 6. The van der Waals surface area contributed by atoms with Crippen molar-refractivity contribution in [3.05, 3.63) is 66.2 Å². The maximum Gasteiger partial charge on any atom is 0.233 e. The lowest BCUT2D eigenvalue weighted by Gasteiger charge is -2.29. The average molecular weight is 327 g/mol. The van der Waals surface area contributed by atoms with Gasteiger partial charge in [-0.25, -0.2) is 0 Å². The number of thioether (sulfide) groups is 1. The first-order chi connectivity index (χ1) is 11.3. The van der Waals surface area contributed by atoms with Gasteiger partial charge in [0.05, 0.1) is 17.7 Å². The molecular weight excluding hydrogens is 306 g/mol. The largest absolute Gasteiger partial charge is 0.492 e. The first-order valence-electron chi connectivity index (χ1n) is 7.89. The minimum absolute atomic E-state index is 0.185. The van der Waals surface area contributed by atoms with Crippen LogP contribution in [0.15, 0.2) is 60.7 Å². The molecule has 3 nitrogen and oxygen atoms in total. The van der Waals surface area contributed by atoms with Gasteiger partial charge in [0.15, 0.2) is 0 Å². The van der Waals surface area contributed by atoms with Gasteiger partial charge in [0.1, 0.15) is 12.4 Å². The molecule has 2 aromatic carbocycles. The number of hydrogen-bond acceptors (Lipinski definition) is 3. The van der Waals surface area contributed by atoms with Gasteiger partial charge in [0.25, 0.3) is 0 Å². The Morgan fingerprint density at radius 1 is 1.13 bits per heavy atom. The van der Waals surface area contributed by atoms with Crippen LogP contribution in [0.1, 0.15) is 18.4 Å². The molecule has 1 aliphatic heterocycles. The predicted molar refractivity (Wildman–Crippen MR) is 94.8 cm³/mol. The average Bonchev–Trinajstić information content (AvgIpc) is 2.97. The molecule has 2 aromatic rings. The summed E-state index contributed by atoms with van der Waals surface area (Å²) in [4.78, 5) is 14.2. The predicted octanol–water partition coefficient (Wildman–Crippen LogP) is 3.77. The van der Waals surface area contributed by atoms with Crippen molar-refractivity contribution in [2.75, 3.05) is 18.9 Å². The van der Waals surface area contributed by atoms with E-state index in [-0.39, 0.29) is 11.3 Å². The van der Waals surface area contributed by atoms with Crippen LogP contribution in [-0.2, 0) is 4.79 Å². The zero-order chi connectivity index (χ0) is 16.1. The lowest BCUT2D eigenvalue weighted by Crippen LogP contribution is -2.38. The van der Waals surface area contributed by atoms with Gasteiger partial charge in [0, 0.05) is 5.92 Å². The van der Waals surface area contributed by atoms with Crippen molar-refractivity contribution in [1.29, 1.82) is 0 Å². The summed E-state index contributed by atoms with van der Waals surface area (Å²) in [6.45, 7) is 3.34. The van der Waals surface area contributed by atoms with Crippen molar-refractivity contribution < 1.29 is 9.53 Å². The Bertz CT molecular complexity index is 632. The summed E-state index contributed by atoms with van der Waals surface area (Å²) < 4.78 is 5.75. The highest BCUT2D eigenvalue weighted by Crippen LogP contribution is 2.35. The maximum absolute atomic E-state index is 12.2. The maximum atomic E-state index is 12.2. The topological polar surface area (TPSA) is 29.5 Å². The third kappa shape index (κ3) is 3.88. The van der Waals surface area contributed by atoms with E-state index in [9.17, 15) is 4.79 Å². The number of ether oxygens (including phenoxy) is 1. The Morgan fingerprint density at radius 3 is 2.48 bits per heavy atom. The van der Waals surface area contributed by atoms with E-state index in [4.69, 9.17) is 4.74 Å². The summed E-state index contributed by atoms with van der Waals surface area (Å²) in [5.74, 6) is 1.93. The minimum Gasteiger partial charge on any atom is -0.492 e. The summed E-state index contributed by atoms with van der Waals surface area (Å²) in [7, 11) is 0. The molecule has 0 bridgehead atoms. The highest BCUT2D eigenvalue weighted by molar-refractivity contribution is 8.01. The number of carbonyl (C=O) groups is 1. The van der Waals surface area contributed by atoms with Gasteiger partial charge in [-0.1, -0.05) is 55.5 Å². The number of benzene rings is 2. The molecule has 1 fully saturated rings. The molecule has 0 aromatic heterocycles. The SMILES string of the molecule is CC(c1ccccc1)C1SCC(=O)N1CCOc1ccccc1. The molecule has 1 heterocycles. The van der Waals surface area contributed by atoms with Crippen molar-refractivity contribution >= 4 is 17.7 Å². The molecule has 0 aliphatic carbocycles. The Hall–Kier alpha value is -1.94. The van der Waals surface area contributed by atoms with E-state index in [2.05, 4.69) is 31.2 Å². The molecule has 0 spiro atoms. The van der Waals surface area contributed by atoms with E-state index in [1.165, 1.54) is 5.56 Å². The molecule has 0 saturated carbocycles. The van der Waals surface area contributed by atoms with Gasteiger partial charge in [-0.3, -0.25) is 4.79 Å². The van der Waals surface area contributed by atoms with Crippen LogP contribution in [-0.4, -0.2) is 35.1 Å². The van der Waals surface area contributed by atoms with E-state index in [1.807, 2.05) is 41.3 Å². The molecule has 2 atom stereocenters. The van der Waals surface area contributed by atoms with Gasteiger partial charge in [-0.05, 0) is 17.7 Å². The number of hydrogen-bond donors (Lipinski definition) is 0. The van der Waals surface area contributed by atoms with Gasteiger partial charge < -0.3 is 9.64 Å². The van der Waals surface area contributed by atoms with Crippen LogP contribution >= 0.6 is 11.8 Å². The number of carbonyl (C=O) groups excluding carboxylic acids is 1. The Kier molecular flexibility index (Phi) is 5.23. The normalized spacial score (nSPS) is 18.9. The molecule has 120 valence electrons. The summed E-state index contributed by atoms with van der Waals surface area (Å²) in [5.41, 5.74) is 1.27. The van der Waals surface area contributed by atoms with Crippen LogP contribution in [0.25, 0.3) is 0 Å². The van der Waals surface area contributed by atoms with E-state index in [0.717, 1.165) is 5.75 Å². The Labute approximate surface area is 141 Å². The molecule has 1 aliphatic rings. The first kappa shape index (κ1) is 15.9. The monoisotopic (exact) mass is 327 g/mol. The first-order valence-corrected chi connectivity index (χ1v) is 8.94. The fraction of sp³-hybridized carbons (Fsp3) is 0.316. The quantitative estimate of drug-likeness (QED) is 0.809. The number of para-hydroxylation sites is 1. The summed E-state index contributed by atoms with van der Waals surface area (Å²) >= 11 is 1.73. The van der Waals surface area contributed by atoms with Gasteiger partial charge >= 0.3 is 0 Å². The number of nitrogens with zero attached hydrogens (tertiary/aromatic N) is 1. The lowest BCUT2D eigenvalue weighted by atomic mass is 10.0. The van der Waals surface area contributed by atoms with Crippen molar-refractivity contribution in [2.45, 2.75) is 18.2 Å². The standard InChI is InChI=1S/C19H21NO2S/c1-15(16-8-4-2-5-9-16)19-20(18(21)14-23-19)12-13-22-17-10-6-3-7-11-17/h2-11,15,19H,12-14H2,1H3. The van der Waals surface area contributed by atoms with E-state index < -0.39 is 0 Å². The second-order valence-corrected chi connectivity index (χ2v) is 6.75. The van der Waals surface area contributed by atoms with Crippen molar-refractivity contribution in [3.63, 3.8) is 0 Å². The van der Waals surface area contributed by atoms with Crippen LogP contribution in [0.3, 0.4) is 0 Å². The highest BCUT2D eigenvalue weighted by Gasteiger charge is 2.35. The van der Waals surface area contributed by atoms with E-state index >= 15 is 0 Å². The fourth-order valence-corrected chi connectivity index (χ4v) is 4.17. The molecule has 3 rings (SSSR count). The third-order valence-corrected chi connectivity index (χ3v) is 5.52. The second-order valence-electron chi connectivity index (χ2n) is 5.65. The van der Waals surface area contributed by atoms with Gasteiger partial charge in [-0.15, -0.1) is 11.8 Å². The zero-order valence-electron chi connectivity index (χ0n) is 13.2. The van der Waals surface area contributed by atoms with Crippen molar-refractivity contribution in [2.24, 2.45) is 0 Å². The third-order valence-electron chi connectivity index (χ3n) is 4.10. The minimum atomic E-state index is 0.185. The van der Waals surface area contributed by atoms with Crippen LogP contribution < -0.4 is 4.74 Å². The van der Waals surface area contributed by atoms with E-state index in [0.29, 0.717) is 24.8 Å². The molecule has 2 unspecified atom stereocenters. The summed E-state index contributed by atoms with van der Waals surface area (Å²) in [5, 5.41) is 0.185. The summed E-state index contributed by atoms with van der Waals surface area (Å²) in [6, 6.07) is 20.1. The molecule has 1 saturated heterocycles. The van der Waals surface area contributed by atoms with Crippen molar-refractivity contribution in [3.8, 4) is 5.75 Å². The van der Waals surface area contributed by atoms with Crippen LogP contribution in [0, 0.1) is 0 Å². The molecule has 0 radical (unpaired) electrons. The molecule has 0 N–H and O–H groups in total. The molecular formula is C19H21NO2S. The van der Waals surface area contributed by atoms with Gasteiger partial charge in [0.2, 0.25) is 5.91 Å². The van der Waals surface area contributed by atoms with Gasteiger partial charge in [-0.2, -0.15) is 0 Å². The fourth-order valence-electron chi connectivity index (χ4n) is 2.84. The molecule has 23 heavy (non-hydrogen) atoms. The Morgan fingerprint density at radius 2 is 1.78 bits per heavy atom. The highest BCUT2D eigenvalue weighted by atomic mass is 32.2. The number of amides is 1. The smallest absolute Gasteiger partial charge is 0.233 e. The molecule has 1 amide bonds. The lowest BCUT2D eigenvalue weighted by molar-refractivity contribution is -0.128. The van der Waals surface area contributed by atoms with Crippen LogP contribution in [0.4, 0.5) is 0 Å².